The third kappa shape index (κ3) is 9.22. The number of rotatable bonds is 18. The predicted molar refractivity (Wildman–Crippen MR) is 219 cm³/mol. The minimum Gasteiger partial charge on any atom is -0.381 e. The zero-order chi connectivity index (χ0) is 39.9. The van der Waals surface area contributed by atoms with Crippen LogP contribution in [0.3, 0.4) is 0 Å². The molecule has 0 saturated heterocycles. The van der Waals surface area contributed by atoms with Crippen molar-refractivity contribution in [3.05, 3.63) is 44.9 Å². The summed E-state index contributed by atoms with van der Waals surface area (Å²) in [7, 11) is 0. The molecule has 6 N–H and O–H groups in total. The minimum absolute atomic E-state index is 0.159. The number of hydrogen-bond donors (Lipinski definition) is 6. The SMILES string of the molecule is CCCCCN=C1C2=Nc3[nH]c(c(NCCCCC)c3C#N)N=c3[nH]c(c(NCCCCC)c3C#N)=NC3=C(C#N)C(=NCCCCC)C(=NC(=C1C#N)N2)N3. The topological polar surface area (TPSA) is 249 Å². The Kier molecular flexibility index (Phi) is 14.7. The molecule has 0 saturated carbocycles. The maximum Gasteiger partial charge on any atom is 0.161 e. The van der Waals surface area contributed by atoms with E-state index in [1.807, 2.05) is 0 Å². The molecule has 0 atom stereocenters. The number of anilines is 2. The summed E-state index contributed by atoms with van der Waals surface area (Å²) in [6, 6.07) is 9.12. The lowest BCUT2D eigenvalue weighted by atomic mass is 10.2. The lowest BCUT2D eigenvalue weighted by molar-refractivity contribution is 0.729. The molecule has 16 nitrogen and oxygen atoms in total. The zero-order valence-corrected chi connectivity index (χ0v) is 32.8. The molecule has 16 heteroatoms. The number of nitriles is 4. The Labute approximate surface area is 327 Å². The molecule has 0 spiro atoms. The smallest absolute Gasteiger partial charge is 0.161 e. The van der Waals surface area contributed by atoms with E-state index in [-0.39, 0.29) is 68.2 Å². The van der Waals surface area contributed by atoms with Crippen LogP contribution >= 0.6 is 0 Å². The van der Waals surface area contributed by atoms with E-state index >= 15 is 0 Å². The number of unbranched alkanes of at least 4 members (excludes halogenated alkanes) is 8. The highest BCUT2D eigenvalue weighted by molar-refractivity contribution is 6.53. The summed E-state index contributed by atoms with van der Waals surface area (Å²) in [6.45, 7) is 10.5. The van der Waals surface area contributed by atoms with Crippen molar-refractivity contribution in [2.24, 2.45) is 30.0 Å². The molecule has 2 aromatic heterocycles. The molecule has 0 aromatic carbocycles. The summed E-state index contributed by atoms with van der Waals surface area (Å²) in [5.41, 5.74) is 2.68. The largest absolute Gasteiger partial charge is 0.381 e. The first-order valence-corrected chi connectivity index (χ1v) is 19.8. The fraction of sp³-hybridized carbons (Fsp3) is 0.500. The van der Waals surface area contributed by atoms with Gasteiger partial charge in [0.1, 0.15) is 58.0 Å². The second-order valence-electron chi connectivity index (χ2n) is 13.6. The van der Waals surface area contributed by atoms with Gasteiger partial charge in [0, 0.05) is 26.2 Å². The van der Waals surface area contributed by atoms with Gasteiger partial charge in [0.25, 0.3) is 0 Å². The number of aromatic nitrogens is 2. The van der Waals surface area contributed by atoms with Crippen molar-refractivity contribution in [3.63, 3.8) is 0 Å². The summed E-state index contributed by atoms with van der Waals surface area (Å²) in [5, 5.41) is 55.3. The first-order valence-electron chi connectivity index (χ1n) is 19.8. The lowest BCUT2D eigenvalue weighted by Crippen LogP contribution is -2.26. The highest BCUT2D eigenvalue weighted by Crippen LogP contribution is 2.36. The molecule has 0 fully saturated rings. The van der Waals surface area contributed by atoms with Crippen LogP contribution in [0.4, 0.5) is 23.0 Å². The highest BCUT2D eigenvalue weighted by Gasteiger charge is 2.33. The zero-order valence-electron chi connectivity index (χ0n) is 32.8. The molecule has 5 heterocycles. The van der Waals surface area contributed by atoms with Crippen LogP contribution in [0.15, 0.2) is 52.7 Å². The van der Waals surface area contributed by atoms with Crippen LogP contribution in [0.2, 0.25) is 0 Å². The van der Waals surface area contributed by atoms with Crippen molar-refractivity contribution in [2.45, 2.75) is 105 Å². The molecule has 0 unspecified atom stereocenters. The number of aliphatic imine (C=N–C) groups is 4. The Morgan fingerprint density at radius 1 is 0.518 bits per heavy atom. The van der Waals surface area contributed by atoms with E-state index in [2.05, 4.69) is 83.2 Å². The van der Waals surface area contributed by atoms with E-state index in [4.69, 9.17) is 30.0 Å². The highest BCUT2D eigenvalue weighted by atomic mass is 15.2. The van der Waals surface area contributed by atoms with Crippen molar-refractivity contribution in [1.29, 1.82) is 21.0 Å². The van der Waals surface area contributed by atoms with E-state index in [1.54, 1.807) is 0 Å². The van der Waals surface area contributed by atoms with Gasteiger partial charge in [0.15, 0.2) is 45.9 Å². The molecule has 5 rings (SSSR count). The fourth-order valence-electron chi connectivity index (χ4n) is 6.35. The van der Waals surface area contributed by atoms with E-state index < -0.39 is 0 Å². The summed E-state index contributed by atoms with van der Waals surface area (Å²) in [6.07, 6.45) is 11.3. The number of aromatic amines is 2. The van der Waals surface area contributed by atoms with Gasteiger partial charge in [-0.25, -0.2) is 20.0 Å². The molecular weight excluding hydrogens is 705 g/mol. The number of amidine groups is 2. The van der Waals surface area contributed by atoms with Gasteiger partial charge in [-0.1, -0.05) is 79.1 Å². The summed E-state index contributed by atoms with van der Waals surface area (Å²) in [5.74, 6) is 1.24. The van der Waals surface area contributed by atoms with Gasteiger partial charge < -0.3 is 31.2 Å². The average Bonchev–Trinajstić information content (AvgIpc) is 3.91. The first-order chi connectivity index (χ1) is 27.5. The van der Waals surface area contributed by atoms with Crippen LogP contribution in [0.25, 0.3) is 0 Å². The molecule has 56 heavy (non-hydrogen) atoms. The van der Waals surface area contributed by atoms with Crippen LogP contribution < -0.4 is 32.2 Å². The van der Waals surface area contributed by atoms with E-state index in [1.165, 1.54) is 0 Å². The van der Waals surface area contributed by atoms with Gasteiger partial charge in [0.05, 0.1) is 11.4 Å². The summed E-state index contributed by atoms with van der Waals surface area (Å²) >= 11 is 0. The molecule has 0 aliphatic carbocycles. The fourth-order valence-corrected chi connectivity index (χ4v) is 6.35. The van der Waals surface area contributed by atoms with Gasteiger partial charge >= 0.3 is 0 Å². The Morgan fingerprint density at radius 2 is 1.04 bits per heavy atom. The second kappa shape index (κ2) is 20.2. The van der Waals surface area contributed by atoms with E-state index in [0.717, 1.165) is 77.0 Å². The van der Waals surface area contributed by atoms with Crippen LogP contribution in [0.1, 0.15) is 116 Å². The van der Waals surface area contributed by atoms with Crippen LogP contribution in [-0.2, 0) is 0 Å². The van der Waals surface area contributed by atoms with Crippen LogP contribution in [0.5, 0.6) is 0 Å². The van der Waals surface area contributed by atoms with Crippen LogP contribution in [0, 0.1) is 45.3 Å². The normalized spacial score (nSPS) is 15.9. The maximum atomic E-state index is 10.6. The van der Waals surface area contributed by atoms with Gasteiger partial charge in [-0.3, -0.25) is 9.98 Å². The molecule has 2 aromatic rings. The third-order valence-electron chi connectivity index (χ3n) is 9.36. The lowest BCUT2D eigenvalue weighted by Gasteiger charge is -2.06. The van der Waals surface area contributed by atoms with E-state index in [9.17, 15) is 21.0 Å². The predicted octanol–water partition coefficient (Wildman–Crippen LogP) is 6.24. The summed E-state index contributed by atoms with van der Waals surface area (Å²) in [4.78, 5) is 35.5. The van der Waals surface area contributed by atoms with Crippen molar-refractivity contribution in [1.82, 2.24) is 20.6 Å². The maximum absolute atomic E-state index is 10.6. The molecule has 0 amide bonds. The third-order valence-corrected chi connectivity index (χ3v) is 9.36. The van der Waals surface area contributed by atoms with Gasteiger partial charge in [-0.2, -0.15) is 21.0 Å². The van der Waals surface area contributed by atoms with Gasteiger partial charge in [0.2, 0.25) is 0 Å². The van der Waals surface area contributed by atoms with Crippen molar-refractivity contribution in [3.8, 4) is 24.3 Å². The van der Waals surface area contributed by atoms with E-state index in [0.29, 0.717) is 49.0 Å². The number of nitrogens with zero attached hydrogens (tertiary/aromatic N) is 10. The van der Waals surface area contributed by atoms with Gasteiger partial charge in [-0.15, -0.1) is 0 Å². The number of H-pyrrole nitrogens is 2. The Morgan fingerprint density at radius 3 is 1.57 bits per heavy atom. The Hall–Kier alpha value is -6.52. The Balaban J connectivity index is 1.85. The number of nitrogens with one attached hydrogen (secondary N) is 6. The number of hydrogen-bond acceptors (Lipinski definition) is 14. The Bertz CT molecular complexity index is 2260. The number of fused-ring (bicyclic) bond motifs is 8. The molecule has 8 bridgehead atoms. The summed E-state index contributed by atoms with van der Waals surface area (Å²) < 4.78 is 0. The van der Waals surface area contributed by atoms with Crippen molar-refractivity contribution < 1.29 is 0 Å². The van der Waals surface area contributed by atoms with Crippen molar-refractivity contribution in [2.75, 3.05) is 36.8 Å². The van der Waals surface area contributed by atoms with Crippen LogP contribution in [-0.4, -0.2) is 59.2 Å². The minimum atomic E-state index is 0.159. The van der Waals surface area contributed by atoms with Gasteiger partial charge in [-0.05, 0) is 25.7 Å². The average molecular weight is 755 g/mol. The standard InChI is InChI=1S/C40H50N16/c1-5-9-13-17-45-29-25(21-41)33-49-37(29)53-34-26(22-42)30(46-18-14-10-6-2)39(50-34)55-36-28(24-44)32(48-20-16-12-8-4)40(52-36)56-35-27(23-43)31(38(51-35)54-33)47-19-15-11-7-3/h45-46,49H,5-20H2,1-4H3,(H,51,54)(H,52,56)(H,50,53,55). The first kappa shape index (κ1) is 40.7. The second-order valence-corrected chi connectivity index (χ2v) is 13.6. The van der Waals surface area contributed by atoms with Crippen molar-refractivity contribution >= 4 is 46.1 Å². The quantitative estimate of drug-likeness (QED) is 0.0948. The monoisotopic (exact) mass is 754 g/mol. The molecule has 3 aliphatic heterocycles. The molecular formula is C40H50N16. The molecule has 290 valence electrons. The molecule has 3 aliphatic rings. The molecule has 0 radical (unpaired) electrons.